The first-order valence-electron chi connectivity index (χ1n) is 8.13. The first-order valence-corrected chi connectivity index (χ1v) is 10.4. The summed E-state index contributed by atoms with van der Waals surface area (Å²) in [6.07, 6.45) is 2.63. The molecule has 0 saturated heterocycles. The summed E-state index contributed by atoms with van der Waals surface area (Å²) in [5.41, 5.74) is 0.992. The van der Waals surface area contributed by atoms with Crippen LogP contribution in [-0.2, 0) is 24.2 Å². The van der Waals surface area contributed by atoms with E-state index in [2.05, 4.69) is 5.32 Å². The molecule has 0 saturated carbocycles. The van der Waals surface area contributed by atoms with Gasteiger partial charge < -0.3 is 14.8 Å². The predicted octanol–water partition coefficient (Wildman–Crippen LogP) is 2.70. The number of carbonyl (C=O) groups is 2. The van der Waals surface area contributed by atoms with Crippen LogP contribution < -0.4 is 10.1 Å². The lowest BCUT2D eigenvalue weighted by atomic mass is 10.1. The smallest absolute Gasteiger partial charge is 0.338 e. The number of halogens is 1. The van der Waals surface area contributed by atoms with E-state index in [1.807, 2.05) is 0 Å². The van der Waals surface area contributed by atoms with Gasteiger partial charge in [0.25, 0.3) is 5.91 Å². The Morgan fingerprint density at radius 2 is 1.96 bits per heavy atom. The van der Waals surface area contributed by atoms with Crippen molar-refractivity contribution in [1.29, 1.82) is 0 Å². The molecule has 146 valence electrons. The van der Waals surface area contributed by atoms with Crippen molar-refractivity contribution in [2.24, 2.45) is 0 Å². The van der Waals surface area contributed by atoms with Crippen LogP contribution in [0.1, 0.15) is 5.56 Å². The second-order valence-electron chi connectivity index (χ2n) is 6.03. The average Bonchev–Trinajstić information content (AvgIpc) is 2.65. The number of amides is 1. The van der Waals surface area contributed by atoms with Gasteiger partial charge >= 0.3 is 5.97 Å². The molecule has 0 unspecified atom stereocenters. The van der Waals surface area contributed by atoms with Crippen LogP contribution in [0.4, 0.5) is 5.69 Å². The lowest BCUT2D eigenvalue weighted by molar-refractivity contribution is -0.143. The Hall–Kier alpha value is -2.84. The molecule has 7 nitrogen and oxygen atoms in total. The minimum atomic E-state index is -3.52. The minimum absolute atomic E-state index is 0.00595. The molecule has 0 atom stereocenters. The molecule has 0 spiro atoms. The highest BCUT2D eigenvalue weighted by Crippen LogP contribution is 2.29. The number of benzene rings is 2. The number of fused-ring (bicyclic) bond motifs is 1. The third-order valence-corrected chi connectivity index (χ3v) is 5.23. The summed E-state index contributed by atoms with van der Waals surface area (Å²) in [6.45, 7) is -0.567. The van der Waals surface area contributed by atoms with Crippen molar-refractivity contribution in [2.75, 3.05) is 24.8 Å². The number of hydrogen-bond donors (Lipinski definition) is 1. The number of ether oxygens (including phenoxy) is 2. The molecule has 28 heavy (non-hydrogen) atoms. The highest BCUT2D eigenvalue weighted by Gasteiger charge is 2.20. The van der Waals surface area contributed by atoms with E-state index in [0.29, 0.717) is 16.3 Å². The lowest BCUT2D eigenvalue weighted by Crippen LogP contribution is -2.24. The van der Waals surface area contributed by atoms with Crippen LogP contribution in [0.2, 0.25) is 5.02 Å². The SMILES string of the molecule is CS(=O)(=O)c1ccccc1NC(=O)COC(=O)C1=Cc2cc(Cl)ccc2OC1. The van der Waals surface area contributed by atoms with E-state index in [-0.39, 0.29) is 22.8 Å². The first kappa shape index (κ1) is 19.9. The number of carbonyl (C=O) groups excluding carboxylic acids is 2. The Morgan fingerprint density at radius 1 is 1.21 bits per heavy atom. The maximum Gasteiger partial charge on any atom is 0.338 e. The molecule has 0 bridgehead atoms. The number of esters is 1. The quantitative estimate of drug-likeness (QED) is 0.745. The molecular formula is C19H16ClNO6S. The van der Waals surface area contributed by atoms with Crippen molar-refractivity contribution in [3.05, 3.63) is 58.6 Å². The van der Waals surface area contributed by atoms with E-state index in [0.717, 1.165) is 6.26 Å². The van der Waals surface area contributed by atoms with Gasteiger partial charge in [0.2, 0.25) is 0 Å². The highest BCUT2D eigenvalue weighted by molar-refractivity contribution is 7.90. The Morgan fingerprint density at radius 3 is 2.71 bits per heavy atom. The molecule has 3 rings (SSSR count). The van der Waals surface area contributed by atoms with E-state index in [1.165, 1.54) is 12.1 Å². The molecular weight excluding hydrogens is 406 g/mol. The van der Waals surface area contributed by atoms with Gasteiger partial charge in [-0.1, -0.05) is 23.7 Å². The zero-order valence-corrected chi connectivity index (χ0v) is 16.3. The van der Waals surface area contributed by atoms with Crippen LogP contribution in [0.5, 0.6) is 5.75 Å². The van der Waals surface area contributed by atoms with Crippen molar-refractivity contribution in [3.8, 4) is 5.75 Å². The van der Waals surface area contributed by atoms with E-state index in [1.54, 1.807) is 36.4 Å². The summed E-state index contributed by atoms with van der Waals surface area (Å²) >= 11 is 5.93. The fourth-order valence-corrected chi connectivity index (χ4v) is 3.59. The summed E-state index contributed by atoms with van der Waals surface area (Å²) in [6, 6.07) is 11.0. The number of hydrogen-bond acceptors (Lipinski definition) is 6. The number of anilines is 1. The number of sulfone groups is 1. The Balaban J connectivity index is 1.64. The Labute approximate surface area is 166 Å². The zero-order chi connectivity index (χ0) is 20.3. The number of rotatable bonds is 5. The van der Waals surface area contributed by atoms with Gasteiger partial charge in [-0.3, -0.25) is 4.79 Å². The van der Waals surface area contributed by atoms with Gasteiger partial charge in [0, 0.05) is 16.8 Å². The van der Waals surface area contributed by atoms with Crippen molar-refractivity contribution >= 4 is 45.1 Å². The fourth-order valence-electron chi connectivity index (χ4n) is 2.57. The average molecular weight is 422 g/mol. The molecule has 0 fully saturated rings. The molecule has 1 heterocycles. The second kappa shape index (κ2) is 8.04. The highest BCUT2D eigenvalue weighted by atomic mass is 35.5. The van der Waals surface area contributed by atoms with Crippen molar-refractivity contribution < 1.29 is 27.5 Å². The lowest BCUT2D eigenvalue weighted by Gasteiger charge is -2.17. The van der Waals surface area contributed by atoms with Crippen LogP contribution >= 0.6 is 11.6 Å². The van der Waals surface area contributed by atoms with Gasteiger partial charge in [-0.25, -0.2) is 13.2 Å². The van der Waals surface area contributed by atoms with Gasteiger partial charge in [0.1, 0.15) is 12.4 Å². The summed E-state index contributed by atoms with van der Waals surface area (Å²) in [4.78, 5) is 24.2. The summed E-state index contributed by atoms with van der Waals surface area (Å²) < 4.78 is 34.0. The molecule has 1 aliphatic rings. The zero-order valence-electron chi connectivity index (χ0n) is 14.8. The molecule has 2 aromatic rings. The fraction of sp³-hybridized carbons (Fsp3) is 0.158. The van der Waals surface area contributed by atoms with E-state index >= 15 is 0 Å². The van der Waals surface area contributed by atoms with Gasteiger partial charge in [-0.2, -0.15) is 0 Å². The molecule has 1 aliphatic heterocycles. The topological polar surface area (TPSA) is 98.8 Å². The van der Waals surface area contributed by atoms with Gasteiger partial charge in [-0.15, -0.1) is 0 Å². The molecule has 1 N–H and O–H groups in total. The second-order valence-corrected chi connectivity index (χ2v) is 8.45. The molecule has 9 heteroatoms. The van der Waals surface area contributed by atoms with Crippen LogP contribution in [0.3, 0.4) is 0 Å². The summed E-state index contributed by atoms with van der Waals surface area (Å²) in [5.74, 6) is -0.779. The van der Waals surface area contributed by atoms with Gasteiger partial charge in [-0.05, 0) is 36.4 Å². The van der Waals surface area contributed by atoms with E-state index in [9.17, 15) is 18.0 Å². The predicted molar refractivity (Wildman–Crippen MR) is 104 cm³/mol. The summed E-state index contributed by atoms with van der Waals surface area (Å²) in [7, 11) is -3.52. The molecule has 0 radical (unpaired) electrons. The van der Waals surface area contributed by atoms with Gasteiger partial charge in [0.15, 0.2) is 16.4 Å². The Bertz CT molecular complexity index is 1080. The normalized spacial score (nSPS) is 13.0. The van der Waals surface area contributed by atoms with Crippen LogP contribution in [0, 0.1) is 0 Å². The van der Waals surface area contributed by atoms with Gasteiger partial charge in [0.05, 0.1) is 16.2 Å². The van der Waals surface area contributed by atoms with Crippen molar-refractivity contribution in [2.45, 2.75) is 4.90 Å². The minimum Gasteiger partial charge on any atom is -0.488 e. The first-order chi connectivity index (χ1) is 13.2. The third-order valence-electron chi connectivity index (χ3n) is 3.84. The maximum atomic E-state index is 12.2. The van der Waals surface area contributed by atoms with E-state index < -0.39 is 28.3 Å². The van der Waals surface area contributed by atoms with Crippen LogP contribution in [0.25, 0.3) is 6.08 Å². The molecule has 1 amide bonds. The Kier molecular flexibility index (Phi) is 5.71. The molecule has 0 aliphatic carbocycles. The number of para-hydroxylation sites is 1. The number of nitrogens with one attached hydrogen (secondary N) is 1. The molecule has 0 aromatic heterocycles. The van der Waals surface area contributed by atoms with E-state index in [4.69, 9.17) is 21.1 Å². The van der Waals surface area contributed by atoms with Crippen molar-refractivity contribution in [1.82, 2.24) is 0 Å². The third kappa shape index (κ3) is 4.71. The van der Waals surface area contributed by atoms with Crippen LogP contribution in [-0.4, -0.2) is 39.8 Å². The monoisotopic (exact) mass is 421 g/mol. The standard InChI is InChI=1S/C19H16ClNO6S/c1-28(24,25)17-5-3-2-4-15(17)21-18(22)11-27-19(23)13-8-12-9-14(20)6-7-16(12)26-10-13/h2-9H,10-11H2,1H3,(H,21,22). The maximum absolute atomic E-state index is 12.2. The summed E-state index contributed by atoms with van der Waals surface area (Å²) in [5, 5.41) is 2.93. The largest absolute Gasteiger partial charge is 0.488 e. The van der Waals surface area contributed by atoms with Crippen LogP contribution in [0.15, 0.2) is 52.9 Å². The molecule has 2 aromatic carbocycles. The van der Waals surface area contributed by atoms with Crippen molar-refractivity contribution in [3.63, 3.8) is 0 Å².